The van der Waals surface area contributed by atoms with Gasteiger partial charge in [0.1, 0.15) is 5.82 Å². The fraction of sp³-hybridized carbons (Fsp3) is 0.692. The van der Waals surface area contributed by atoms with E-state index in [9.17, 15) is 13.2 Å². The molecule has 0 aliphatic carbocycles. The molecule has 2 heterocycles. The lowest BCUT2D eigenvalue weighted by Gasteiger charge is -2.21. The lowest BCUT2D eigenvalue weighted by molar-refractivity contribution is -0.142. The zero-order chi connectivity index (χ0) is 14.8. The highest BCUT2D eigenvalue weighted by Gasteiger charge is 2.37. The van der Waals surface area contributed by atoms with Gasteiger partial charge in [0.05, 0.1) is 11.4 Å². The first-order chi connectivity index (χ1) is 9.41. The Hall–Kier alpha value is -0.820. The molecule has 0 saturated carbocycles. The predicted octanol–water partition coefficient (Wildman–Crippen LogP) is 3.17. The smallest absolute Gasteiger partial charge is 0.311 e. The molecule has 20 heavy (non-hydrogen) atoms. The van der Waals surface area contributed by atoms with E-state index in [0.29, 0.717) is 36.2 Å². The number of rotatable bonds is 4. The maximum Gasteiger partial charge on any atom is 0.433 e. The third-order valence-corrected chi connectivity index (χ3v) is 4.65. The molecule has 0 spiro atoms. The van der Waals surface area contributed by atoms with Crippen molar-refractivity contribution in [2.75, 3.05) is 6.54 Å². The molecule has 1 aliphatic rings. The first-order valence-electron chi connectivity index (χ1n) is 6.70. The van der Waals surface area contributed by atoms with Gasteiger partial charge >= 0.3 is 6.18 Å². The van der Waals surface area contributed by atoms with Gasteiger partial charge < -0.3 is 5.32 Å². The second-order valence-corrected chi connectivity index (χ2v) is 6.29. The highest BCUT2D eigenvalue weighted by atomic mass is 32.2. The zero-order valence-electron chi connectivity index (χ0n) is 11.5. The van der Waals surface area contributed by atoms with Crippen LogP contribution in [-0.2, 0) is 24.9 Å². The van der Waals surface area contributed by atoms with Crippen LogP contribution < -0.4 is 5.32 Å². The van der Waals surface area contributed by atoms with E-state index in [1.165, 1.54) is 0 Å². The van der Waals surface area contributed by atoms with Crippen molar-refractivity contribution in [3.63, 3.8) is 0 Å². The van der Waals surface area contributed by atoms with Crippen LogP contribution in [0.4, 0.5) is 13.2 Å². The average Bonchev–Trinajstić information content (AvgIpc) is 2.42. The first kappa shape index (κ1) is 15.6. The Morgan fingerprint density at radius 1 is 1.35 bits per heavy atom. The van der Waals surface area contributed by atoms with Crippen molar-refractivity contribution < 1.29 is 13.2 Å². The number of fused-ring (bicyclic) bond motifs is 1. The largest absolute Gasteiger partial charge is 0.433 e. The molecule has 1 N–H and O–H groups in total. The van der Waals surface area contributed by atoms with Gasteiger partial charge in [0, 0.05) is 17.4 Å². The Kier molecular flexibility index (Phi) is 4.90. The number of thioether (sulfide) groups is 1. The van der Waals surface area contributed by atoms with E-state index in [0.717, 1.165) is 6.42 Å². The Balaban J connectivity index is 2.30. The molecule has 7 heteroatoms. The summed E-state index contributed by atoms with van der Waals surface area (Å²) in [5.41, 5.74) is 0.00983. The number of nitrogens with zero attached hydrogens (tertiary/aromatic N) is 2. The van der Waals surface area contributed by atoms with Gasteiger partial charge in [-0.25, -0.2) is 9.97 Å². The minimum atomic E-state index is -4.40. The first-order valence-corrected chi connectivity index (χ1v) is 7.74. The molecular formula is C13H18F3N3S. The molecular weight excluding hydrogens is 287 g/mol. The van der Waals surface area contributed by atoms with Crippen molar-refractivity contribution in [2.45, 2.75) is 50.4 Å². The van der Waals surface area contributed by atoms with Crippen molar-refractivity contribution in [1.82, 2.24) is 15.3 Å². The van der Waals surface area contributed by atoms with Crippen LogP contribution in [0.3, 0.4) is 0 Å². The quantitative estimate of drug-likeness (QED) is 0.927. The summed E-state index contributed by atoms with van der Waals surface area (Å²) in [4.78, 5) is 8.08. The van der Waals surface area contributed by atoms with Crippen molar-refractivity contribution in [2.24, 2.45) is 0 Å². The van der Waals surface area contributed by atoms with Crippen LogP contribution in [0, 0.1) is 0 Å². The second-order valence-electron chi connectivity index (χ2n) is 4.87. The van der Waals surface area contributed by atoms with E-state index in [4.69, 9.17) is 0 Å². The Morgan fingerprint density at radius 2 is 2.10 bits per heavy atom. The molecule has 0 amide bonds. The van der Waals surface area contributed by atoms with Crippen molar-refractivity contribution >= 4 is 11.8 Å². The van der Waals surface area contributed by atoms with Gasteiger partial charge in [-0.2, -0.15) is 24.9 Å². The average molecular weight is 305 g/mol. The van der Waals surface area contributed by atoms with Crippen LogP contribution in [0.15, 0.2) is 0 Å². The summed E-state index contributed by atoms with van der Waals surface area (Å²) in [7, 11) is 0. The molecule has 1 aromatic rings. The van der Waals surface area contributed by atoms with Gasteiger partial charge in [-0.05, 0) is 19.4 Å². The highest BCUT2D eigenvalue weighted by Crippen LogP contribution is 2.33. The van der Waals surface area contributed by atoms with Crippen LogP contribution in [-0.4, -0.2) is 21.8 Å². The molecule has 1 unspecified atom stereocenters. The van der Waals surface area contributed by atoms with Crippen LogP contribution in [0.5, 0.6) is 0 Å². The van der Waals surface area contributed by atoms with Gasteiger partial charge in [0.15, 0.2) is 5.69 Å². The van der Waals surface area contributed by atoms with Crippen LogP contribution in [0.2, 0.25) is 0 Å². The number of nitrogens with one attached hydrogen (secondary N) is 1. The van der Waals surface area contributed by atoms with E-state index in [1.54, 1.807) is 11.8 Å². The summed E-state index contributed by atoms with van der Waals surface area (Å²) < 4.78 is 39.3. The van der Waals surface area contributed by atoms with Crippen LogP contribution in [0.25, 0.3) is 0 Å². The topological polar surface area (TPSA) is 37.8 Å². The van der Waals surface area contributed by atoms with Crippen LogP contribution in [0.1, 0.15) is 43.0 Å². The SMILES string of the molecule is CCC(C)SCc1nc2c(c(C(F)(F)F)n1)CCNC2. The number of halogens is 3. The summed E-state index contributed by atoms with van der Waals surface area (Å²) in [6, 6.07) is 0. The predicted molar refractivity (Wildman–Crippen MR) is 73.5 cm³/mol. The van der Waals surface area contributed by atoms with Crippen molar-refractivity contribution in [1.29, 1.82) is 0 Å². The summed E-state index contributed by atoms with van der Waals surface area (Å²) >= 11 is 1.59. The lowest BCUT2D eigenvalue weighted by Crippen LogP contribution is -2.29. The number of aromatic nitrogens is 2. The molecule has 1 aromatic heterocycles. The minimum Gasteiger partial charge on any atom is -0.311 e. The van der Waals surface area contributed by atoms with E-state index in [1.807, 2.05) is 0 Å². The molecule has 3 nitrogen and oxygen atoms in total. The molecule has 1 atom stereocenters. The Labute approximate surface area is 120 Å². The molecule has 0 fully saturated rings. The number of hydrogen-bond donors (Lipinski definition) is 1. The summed E-state index contributed by atoms with van der Waals surface area (Å²) in [5.74, 6) is 0.704. The fourth-order valence-electron chi connectivity index (χ4n) is 2.04. The molecule has 112 valence electrons. The third-order valence-electron chi connectivity index (χ3n) is 3.32. The standard InChI is InChI=1S/C13H18F3N3S/c1-3-8(2)20-7-11-18-10-6-17-5-4-9(10)12(19-11)13(14,15)16/h8,17H,3-7H2,1-2H3. The summed E-state index contributed by atoms with van der Waals surface area (Å²) in [6.45, 7) is 5.04. The van der Waals surface area contributed by atoms with E-state index >= 15 is 0 Å². The fourth-order valence-corrected chi connectivity index (χ4v) is 2.84. The monoisotopic (exact) mass is 305 g/mol. The number of hydrogen-bond acceptors (Lipinski definition) is 4. The van der Waals surface area contributed by atoms with E-state index in [2.05, 4.69) is 29.1 Å². The van der Waals surface area contributed by atoms with Gasteiger partial charge in [-0.3, -0.25) is 0 Å². The maximum atomic E-state index is 13.1. The molecule has 0 aromatic carbocycles. The third kappa shape index (κ3) is 3.63. The van der Waals surface area contributed by atoms with Gasteiger partial charge in [0.25, 0.3) is 0 Å². The van der Waals surface area contributed by atoms with Gasteiger partial charge in [0.2, 0.25) is 0 Å². The molecule has 0 bridgehead atoms. The highest BCUT2D eigenvalue weighted by molar-refractivity contribution is 7.99. The van der Waals surface area contributed by atoms with Crippen LogP contribution >= 0.6 is 11.8 Å². The molecule has 0 radical (unpaired) electrons. The Bertz CT molecular complexity index is 477. The molecule has 1 aliphatic heterocycles. The summed E-state index contributed by atoms with van der Waals surface area (Å²) in [5, 5.41) is 3.45. The number of alkyl halides is 3. The van der Waals surface area contributed by atoms with Gasteiger partial charge in [-0.15, -0.1) is 0 Å². The molecule has 0 saturated heterocycles. The van der Waals surface area contributed by atoms with E-state index < -0.39 is 11.9 Å². The zero-order valence-corrected chi connectivity index (χ0v) is 12.4. The second kappa shape index (κ2) is 6.30. The normalized spacial score (nSPS) is 16.9. The van der Waals surface area contributed by atoms with E-state index in [-0.39, 0.29) is 11.4 Å². The van der Waals surface area contributed by atoms with Crippen molar-refractivity contribution in [3.8, 4) is 0 Å². The lowest BCUT2D eigenvalue weighted by atomic mass is 10.0. The van der Waals surface area contributed by atoms with Crippen molar-refractivity contribution in [3.05, 3.63) is 22.8 Å². The summed E-state index contributed by atoms with van der Waals surface area (Å²) in [6.07, 6.45) is -3.09. The Morgan fingerprint density at radius 3 is 2.75 bits per heavy atom. The maximum absolute atomic E-state index is 13.1. The minimum absolute atomic E-state index is 0.258. The van der Waals surface area contributed by atoms with Gasteiger partial charge in [-0.1, -0.05) is 13.8 Å². The molecule has 2 rings (SSSR count).